The second-order valence-electron chi connectivity index (χ2n) is 8.54. The third-order valence-electron chi connectivity index (χ3n) is 6.10. The molecule has 0 radical (unpaired) electrons. The molecule has 182 valence electrons. The number of carbonyl (C=O) groups excluding carboxylic acids is 1. The van der Waals surface area contributed by atoms with E-state index in [9.17, 15) is 9.59 Å². The molecule has 0 aliphatic heterocycles. The predicted molar refractivity (Wildman–Crippen MR) is 141 cm³/mol. The van der Waals surface area contributed by atoms with Crippen molar-refractivity contribution in [2.75, 3.05) is 19.5 Å². The van der Waals surface area contributed by atoms with Crippen LogP contribution in [-0.4, -0.2) is 29.7 Å². The first-order chi connectivity index (χ1) is 16.9. The first-order valence-electron chi connectivity index (χ1n) is 11.5. The summed E-state index contributed by atoms with van der Waals surface area (Å²) in [4.78, 5) is 32.1. The van der Waals surface area contributed by atoms with Crippen LogP contribution in [0.4, 0.5) is 5.69 Å². The average molecular weight is 492 g/mol. The van der Waals surface area contributed by atoms with E-state index in [1.165, 1.54) is 34.9 Å². The van der Waals surface area contributed by atoms with Crippen LogP contribution in [0.5, 0.6) is 11.5 Å². The maximum Gasteiger partial charge on any atom is 0.263 e. The quantitative estimate of drug-likeness (QED) is 0.334. The van der Waals surface area contributed by atoms with Crippen molar-refractivity contribution in [3.63, 3.8) is 0 Å². The number of rotatable bonds is 8. The van der Waals surface area contributed by atoms with Crippen molar-refractivity contribution in [2.45, 2.75) is 39.2 Å². The Labute approximate surface area is 208 Å². The van der Waals surface area contributed by atoms with Gasteiger partial charge in [-0.25, -0.2) is 4.98 Å². The highest BCUT2D eigenvalue weighted by atomic mass is 32.1. The van der Waals surface area contributed by atoms with E-state index in [4.69, 9.17) is 9.47 Å². The SMILES string of the molecule is CCC(C(=O)Nc1cc(OC)ccc1OC)n1cnc2scc(-c3ccc(C(C)C)cc3)c2c1=O. The van der Waals surface area contributed by atoms with E-state index in [1.54, 1.807) is 25.3 Å². The van der Waals surface area contributed by atoms with Gasteiger partial charge in [0.25, 0.3) is 5.56 Å². The summed E-state index contributed by atoms with van der Waals surface area (Å²) in [5.74, 6) is 1.18. The summed E-state index contributed by atoms with van der Waals surface area (Å²) in [5.41, 5.74) is 3.25. The highest BCUT2D eigenvalue weighted by Gasteiger charge is 2.24. The monoisotopic (exact) mass is 491 g/mol. The van der Waals surface area contributed by atoms with Crippen molar-refractivity contribution in [1.29, 1.82) is 0 Å². The summed E-state index contributed by atoms with van der Waals surface area (Å²) < 4.78 is 12.1. The fourth-order valence-corrected chi connectivity index (χ4v) is 4.97. The molecular weight excluding hydrogens is 462 g/mol. The van der Waals surface area contributed by atoms with Gasteiger partial charge in [-0.05, 0) is 35.6 Å². The highest BCUT2D eigenvalue weighted by Crippen LogP contribution is 2.33. The van der Waals surface area contributed by atoms with Crippen molar-refractivity contribution < 1.29 is 14.3 Å². The minimum Gasteiger partial charge on any atom is -0.497 e. The number of nitrogens with zero attached hydrogens (tertiary/aromatic N) is 2. The van der Waals surface area contributed by atoms with Crippen LogP contribution in [0.2, 0.25) is 0 Å². The number of hydrogen-bond donors (Lipinski definition) is 1. The molecule has 35 heavy (non-hydrogen) atoms. The number of fused-ring (bicyclic) bond motifs is 1. The lowest BCUT2D eigenvalue weighted by atomic mass is 9.99. The van der Waals surface area contributed by atoms with Gasteiger partial charge in [-0.2, -0.15) is 0 Å². The number of aromatic nitrogens is 2. The Morgan fingerprint density at radius 3 is 2.49 bits per heavy atom. The Hall–Kier alpha value is -3.65. The molecule has 1 N–H and O–H groups in total. The molecule has 1 atom stereocenters. The molecule has 8 heteroatoms. The first-order valence-corrected chi connectivity index (χ1v) is 12.4. The molecular formula is C27H29N3O4S. The van der Waals surface area contributed by atoms with Gasteiger partial charge in [0.1, 0.15) is 22.4 Å². The predicted octanol–water partition coefficient (Wildman–Crippen LogP) is 5.86. The van der Waals surface area contributed by atoms with Gasteiger partial charge in [0.15, 0.2) is 0 Å². The number of thiophene rings is 1. The van der Waals surface area contributed by atoms with E-state index in [2.05, 4.69) is 36.3 Å². The standard InChI is InChI=1S/C27H29N3O4S/c1-6-22(25(31)29-21-13-19(33-4)11-12-23(21)34-5)30-15-28-26-24(27(30)32)20(14-35-26)18-9-7-17(8-10-18)16(2)3/h7-16,22H,6H2,1-5H3,(H,29,31). The van der Waals surface area contributed by atoms with E-state index < -0.39 is 6.04 Å². The van der Waals surface area contributed by atoms with Crippen molar-refractivity contribution in [2.24, 2.45) is 0 Å². The number of methoxy groups -OCH3 is 2. The maximum absolute atomic E-state index is 13.6. The molecule has 0 aliphatic carbocycles. The summed E-state index contributed by atoms with van der Waals surface area (Å²) in [6, 6.07) is 12.7. The summed E-state index contributed by atoms with van der Waals surface area (Å²) in [6.07, 6.45) is 1.87. The Morgan fingerprint density at radius 2 is 1.86 bits per heavy atom. The van der Waals surface area contributed by atoms with Crippen LogP contribution >= 0.6 is 11.3 Å². The third-order valence-corrected chi connectivity index (χ3v) is 6.98. The van der Waals surface area contributed by atoms with Crippen LogP contribution in [0.1, 0.15) is 44.7 Å². The molecule has 2 aromatic carbocycles. The number of benzene rings is 2. The van der Waals surface area contributed by atoms with Gasteiger partial charge < -0.3 is 14.8 Å². The van der Waals surface area contributed by atoms with E-state index in [-0.39, 0.29) is 11.5 Å². The Kier molecular flexibility index (Phi) is 7.21. The molecule has 2 aromatic heterocycles. The van der Waals surface area contributed by atoms with Gasteiger partial charge in [0.2, 0.25) is 5.91 Å². The number of nitrogens with one attached hydrogen (secondary N) is 1. The molecule has 0 fully saturated rings. The van der Waals surface area contributed by atoms with Crippen LogP contribution in [0.15, 0.2) is 59.0 Å². The van der Waals surface area contributed by atoms with Crippen molar-refractivity contribution in [1.82, 2.24) is 9.55 Å². The molecule has 0 saturated carbocycles. The van der Waals surface area contributed by atoms with Gasteiger partial charge in [0, 0.05) is 17.0 Å². The van der Waals surface area contributed by atoms with E-state index in [0.29, 0.717) is 39.7 Å². The molecule has 7 nitrogen and oxygen atoms in total. The lowest BCUT2D eigenvalue weighted by molar-refractivity contribution is -0.119. The summed E-state index contributed by atoms with van der Waals surface area (Å²) in [5, 5.41) is 5.37. The minimum atomic E-state index is -0.744. The van der Waals surface area contributed by atoms with Crippen LogP contribution in [0.25, 0.3) is 21.3 Å². The van der Waals surface area contributed by atoms with Gasteiger partial charge >= 0.3 is 0 Å². The normalized spacial score (nSPS) is 12.1. The molecule has 0 bridgehead atoms. The molecule has 0 spiro atoms. The summed E-state index contributed by atoms with van der Waals surface area (Å²) in [6.45, 7) is 6.16. The second kappa shape index (κ2) is 10.3. The van der Waals surface area contributed by atoms with Gasteiger partial charge in [-0.15, -0.1) is 11.3 Å². The van der Waals surface area contributed by atoms with Gasteiger partial charge in [-0.1, -0.05) is 45.0 Å². The molecule has 0 saturated heterocycles. The Morgan fingerprint density at radius 1 is 1.11 bits per heavy atom. The van der Waals surface area contributed by atoms with Crippen LogP contribution in [0, 0.1) is 0 Å². The largest absolute Gasteiger partial charge is 0.497 e. The van der Waals surface area contributed by atoms with Crippen molar-refractivity contribution in [3.8, 4) is 22.6 Å². The number of hydrogen-bond acceptors (Lipinski definition) is 6. The zero-order valence-corrected chi connectivity index (χ0v) is 21.3. The smallest absolute Gasteiger partial charge is 0.263 e. The Bertz CT molecular complexity index is 1410. The van der Waals surface area contributed by atoms with Gasteiger partial charge in [-0.3, -0.25) is 14.2 Å². The number of anilines is 1. The lowest BCUT2D eigenvalue weighted by Gasteiger charge is -2.19. The average Bonchev–Trinajstić information content (AvgIpc) is 3.31. The second-order valence-corrected chi connectivity index (χ2v) is 9.40. The highest BCUT2D eigenvalue weighted by molar-refractivity contribution is 7.17. The summed E-state index contributed by atoms with van der Waals surface area (Å²) >= 11 is 1.43. The number of ether oxygens (including phenoxy) is 2. The molecule has 4 aromatic rings. The zero-order chi connectivity index (χ0) is 25.1. The van der Waals surface area contributed by atoms with E-state index in [0.717, 1.165) is 11.1 Å². The topological polar surface area (TPSA) is 82.4 Å². The fraction of sp³-hybridized carbons (Fsp3) is 0.296. The number of amides is 1. The third kappa shape index (κ3) is 4.79. The Balaban J connectivity index is 1.72. The molecule has 4 rings (SSSR count). The van der Waals surface area contributed by atoms with Crippen molar-refractivity contribution in [3.05, 3.63) is 70.1 Å². The van der Waals surface area contributed by atoms with Gasteiger partial charge in [0.05, 0.1) is 31.6 Å². The number of carbonyl (C=O) groups is 1. The first kappa shape index (κ1) is 24.5. The van der Waals surface area contributed by atoms with Crippen LogP contribution in [-0.2, 0) is 4.79 Å². The molecule has 0 aliphatic rings. The zero-order valence-electron chi connectivity index (χ0n) is 20.5. The lowest BCUT2D eigenvalue weighted by Crippen LogP contribution is -2.33. The maximum atomic E-state index is 13.6. The van der Waals surface area contributed by atoms with E-state index in [1.807, 2.05) is 24.4 Å². The van der Waals surface area contributed by atoms with Crippen LogP contribution < -0.4 is 20.3 Å². The van der Waals surface area contributed by atoms with Crippen LogP contribution in [0.3, 0.4) is 0 Å². The minimum absolute atomic E-state index is 0.237. The summed E-state index contributed by atoms with van der Waals surface area (Å²) in [7, 11) is 3.08. The molecule has 1 unspecified atom stereocenters. The fourth-order valence-electron chi connectivity index (χ4n) is 4.06. The molecule has 2 heterocycles. The van der Waals surface area contributed by atoms with Crippen molar-refractivity contribution >= 4 is 33.1 Å². The van der Waals surface area contributed by atoms with E-state index >= 15 is 0 Å². The molecule has 1 amide bonds.